The number of benzene rings is 3. The SMILES string of the molecule is N#Cc1ccc(NC(=O)NC(CC(=O)O)c2ccc3ccccc3c2)cc1. The van der Waals surface area contributed by atoms with Crippen molar-refractivity contribution in [3.05, 3.63) is 77.9 Å². The molecule has 1 unspecified atom stereocenters. The molecule has 0 spiro atoms. The number of carbonyl (C=O) groups excluding carboxylic acids is 1. The first-order valence-electron chi connectivity index (χ1n) is 8.33. The van der Waals surface area contributed by atoms with Gasteiger partial charge in [-0.15, -0.1) is 0 Å². The molecule has 0 aromatic heterocycles. The van der Waals surface area contributed by atoms with Gasteiger partial charge in [0.05, 0.1) is 24.1 Å². The summed E-state index contributed by atoms with van der Waals surface area (Å²) in [5.41, 5.74) is 1.71. The van der Waals surface area contributed by atoms with E-state index in [2.05, 4.69) is 10.6 Å². The normalized spacial score (nSPS) is 11.4. The molecule has 0 saturated carbocycles. The molecule has 0 aliphatic heterocycles. The van der Waals surface area contributed by atoms with Gasteiger partial charge in [-0.05, 0) is 46.7 Å². The predicted octanol–water partition coefficient (Wildman–Crippen LogP) is 4.05. The highest BCUT2D eigenvalue weighted by Gasteiger charge is 2.18. The number of fused-ring (bicyclic) bond motifs is 1. The van der Waals surface area contributed by atoms with Gasteiger partial charge in [0, 0.05) is 5.69 Å². The number of aliphatic carboxylic acids is 1. The first-order valence-corrected chi connectivity index (χ1v) is 8.33. The summed E-state index contributed by atoms with van der Waals surface area (Å²) in [6.07, 6.45) is -0.237. The van der Waals surface area contributed by atoms with Crippen LogP contribution in [0.3, 0.4) is 0 Å². The van der Waals surface area contributed by atoms with Crippen LogP contribution in [0.25, 0.3) is 10.8 Å². The standard InChI is InChI=1S/C21H17N3O3/c22-13-14-5-9-18(10-6-14)23-21(27)24-19(12-20(25)26)17-8-7-15-3-1-2-4-16(15)11-17/h1-11,19H,12H2,(H,25,26)(H2,23,24,27). The number of nitrogens with zero attached hydrogens (tertiary/aromatic N) is 1. The summed E-state index contributed by atoms with van der Waals surface area (Å²) in [5.74, 6) is -1.01. The molecule has 134 valence electrons. The summed E-state index contributed by atoms with van der Waals surface area (Å²) in [6, 6.07) is 20.6. The minimum Gasteiger partial charge on any atom is -0.481 e. The van der Waals surface area contributed by atoms with Gasteiger partial charge in [-0.3, -0.25) is 4.79 Å². The van der Waals surface area contributed by atoms with Crippen LogP contribution in [-0.4, -0.2) is 17.1 Å². The van der Waals surface area contributed by atoms with Crippen molar-refractivity contribution in [3.8, 4) is 6.07 Å². The van der Waals surface area contributed by atoms with Crippen LogP contribution in [0.15, 0.2) is 66.7 Å². The molecule has 1 atom stereocenters. The van der Waals surface area contributed by atoms with E-state index in [-0.39, 0.29) is 6.42 Å². The van der Waals surface area contributed by atoms with Gasteiger partial charge in [-0.1, -0.05) is 36.4 Å². The van der Waals surface area contributed by atoms with E-state index in [9.17, 15) is 14.7 Å². The maximum atomic E-state index is 12.3. The second-order valence-electron chi connectivity index (χ2n) is 6.04. The number of carboxylic acids is 1. The Morgan fingerprint density at radius 3 is 2.37 bits per heavy atom. The fourth-order valence-corrected chi connectivity index (χ4v) is 2.80. The minimum absolute atomic E-state index is 0.237. The lowest BCUT2D eigenvalue weighted by atomic mass is 10.00. The van der Waals surface area contributed by atoms with Crippen molar-refractivity contribution in [1.29, 1.82) is 5.26 Å². The van der Waals surface area contributed by atoms with Crippen molar-refractivity contribution < 1.29 is 14.7 Å². The number of amides is 2. The number of carbonyl (C=O) groups is 2. The third-order valence-electron chi connectivity index (χ3n) is 4.13. The smallest absolute Gasteiger partial charge is 0.319 e. The van der Waals surface area contributed by atoms with E-state index in [1.807, 2.05) is 48.5 Å². The largest absolute Gasteiger partial charge is 0.481 e. The molecule has 3 rings (SSSR count). The van der Waals surface area contributed by atoms with Gasteiger partial charge in [0.1, 0.15) is 0 Å². The Labute approximate surface area is 156 Å². The summed E-state index contributed by atoms with van der Waals surface area (Å²) in [5, 5.41) is 25.4. The van der Waals surface area contributed by atoms with Crippen molar-refractivity contribution in [1.82, 2.24) is 5.32 Å². The third kappa shape index (κ3) is 4.61. The van der Waals surface area contributed by atoms with E-state index < -0.39 is 18.0 Å². The van der Waals surface area contributed by atoms with Gasteiger partial charge in [0.2, 0.25) is 0 Å². The molecule has 0 fully saturated rings. The number of rotatable bonds is 5. The second kappa shape index (κ2) is 8.02. The molecule has 0 aliphatic carbocycles. The number of urea groups is 1. The molecular weight excluding hydrogens is 342 g/mol. The first-order chi connectivity index (χ1) is 13.0. The zero-order valence-electron chi connectivity index (χ0n) is 14.3. The van der Waals surface area contributed by atoms with Gasteiger partial charge in [0.25, 0.3) is 0 Å². The predicted molar refractivity (Wildman–Crippen MR) is 102 cm³/mol. The zero-order chi connectivity index (χ0) is 19.2. The summed E-state index contributed by atoms with van der Waals surface area (Å²) >= 11 is 0. The van der Waals surface area contributed by atoms with Crippen molar-refractivity contribution in [2.24, 2.45) is 0 Å². The van der Waals surface area contributed by atoms with Crippen LogP contribution >= 0.6 is 0 Å². The Kier molecular flexibility index (Phi) is 5.33. The fraction of sp³-hybridized carbons (Fsp3) is 0.0952. The van der Waals surface area contributed by atoms with Gasteiger partial charge < -0.3 is 15.7 Å². The maximum Gasteiger partial charge on any atom is 0.319 e. The van der Waals surface area contributed by atoms with E-state index in [0.29, 0.717) is 16.8 Å². The summed E-state index contributed by atoms with van der Waals surface area (Å²) in [6.45, 7) is 0. The van der Waals surface area contributed by atoms with Crippen molar-refractivity contribution in [2.75, 3.05) is 5.32 Å². The number of anilines is 1. The molecule has 6 heteroatoms. The van der Waals surface area contributed by atoms with Crippen LogP contribution in [0, 0.1) is 11.3 Å². The van der Waals surface area contributed by atoms with Crippen LogP contribution < -0.4 is 10.6 Å². The average molecular weight is 359 g/mol. The molecule has 0 bridgehead atoms. The highest BCUT2D eigenvalue weighted by molar-refractivity contribution is 5.90. The summed E-state index contributed by atoms with van der Waals surface area (Å²) in [4.78, 5) is 23.6. The number of nitriles is 1. The first kappa shape index (κ1) is 18.0. The monoisotopic (exact) mass is 359 g/mol. The van der Waals surface area contributed by atoms with Crippen LogP contribution in [-0.2, 0) is 4.79 Å². The second-order valence-corrected chi connectivity index (χ2v) is 6.04. The number of hydrogen-bond donors (Lipinski definition) is 3. The minimum atomic E-state index is -1.01. The van der Waals surface area contributed by atoms with E-state index in [4.69, 9.17) is 5.26 Å². The topological polar surface area (TPSA) is 102 Å². The molecule has 3 aromatic carbocycles. The highest BCUT2D eigenvalue weighted by Crippen LogP contribution is 2.23. The highest BCUT2D eigenvalue weighted by atomic mass is 16.4. The Bertz CT molecular complexity index is 1020. The van der Waals surface area contributed by atoms with Crippen LogP contribution in [0.4, 0.5) is 10.5 Å². The molecule has 3 aromatic rings. The molecule has 3 N–H and O–H groups in total. The molecule has 0 heterocycles. The Hall–Kier alpha value is -3.85. The van der Waals surface area contributed by atoms with Crippen molar-refractivity contribution in [3.63, 3.8) is 0 Å². The molecule has 27 heavy (non-hydrogen) atoms. The summed E-state index contributed by atoms with van der Waals surface area (Å²) < 4.78 is 0. The van der Waals surface area contributed by atoms with E-state index in [0.717, 1.165) is 10.8 Å². The Balaban J connectivity index is 1.78. The lowest BCUT2D eigenvalue weighted by Gasteiger charge is -2.18. The number of carboxylic acid groups (broad SMARTS) is 1. The Morgan fingerprint density at radius 1 is 1.00 bits per heavy atom. The van der Waals surface area contributed by atoms with Gasteiger partial charge in [0.15, 0.2) is 0 Å². The van der Waals surface area contributed by atoms with E-state index >= 15 is 0 Å². The van der Waals surface area contributed by atoms with Gasteiger partial charge in [-0.25, -0.2) is 4.79 Å². The lowest BCUT2D eigenvalue weighted by Crippen LogP contribution is -2.33. The third-order valence-corrected chi connectivity index (χ3v) is 4.13. The van der Waals surface area contributed by atoms with Gasteiger partial charge >= 0.3 is 12.0 Å². The van der Waals surface area contributed by atoms with Gasteiger partial charge in [-0.2, -0.15) is 5.26 Å². The quantitative estimate of drug-likeness (QED) is 0.639. The Morgan fingerprint density at radius 2 is 1.70 bits per heavy atom. The van der Waals surface area contributed by atoms with Crippen LogP contribution in [0.1, 0.15) is 23.6 Å². The molecule has 0 radical (unpaired) electrons. The molecule has 0 saturated heterocycles. The maximum absolute atomic E-state index is 12.3. The van der Waals surface area contributed by atoms with E-state index in [1.54, 1.807) is 24.3 Å². The fourth-order valence-electron chi connectivity index (χ4n) is 2.80. The van der Waals surface area contributed by atoms with Crippen LogP contribution in [0.5, 0.6) is 0 Å². The number of hydrogen-bond acceptors (Lipinski definition) is 3. The molecule has 6 nitrogen and oxygen atoms in total. The summed E-state index contributed by atoms with van der Waals surface area (Å²) in [7, 11) is 0. The van der Waals surface area contributed by atoms with Crippen molar-refractivity contribution in [2.45, 2.75) is 12.5 Å². The number of nitrogens with one attached hydrogen (secondary N) is 2. The molecular formula is C21H17N3O3. The lowest BCUT2D eigenvalue weighted by molar-refractivity contribution is -0.137. The van der Waals surface area contributed by atoms with E-state index in [1.165, 1.54) is 0 Å². The zero-order valence-corrected chi connectivity index (χ0v) is 14.3. The van der Waals surface area contributed by atoms with Crippen LogP contribution in [0.2, 0.25) is 0 Å². The average Bonchev–Trinajstić information content (AvgIpc) is 2.67. The molecule has 0 aliphatic rings. The van der Waals surface area contributed by atoms with Crippen molar-refractivity contribution >= 4 is 28.5 Å². The molecule has 2 amide bonds.